The number of hydrogen-bond acceptors (Lipinski definition) is 4. The minimum atomic E-state index is -4.02. The first-order valence-corrected chi connectivity index (χ1v) is 11.8. The average Bonchev–Trinajstić information content (AvgIpc) is 2.78. The van der Waals surface area contributed by atoms with E-state index in [1.807, 2.05) is 56.4 Å². The number of carbonyl (C=O) groups excluding carboxylic acids is 1. The second-order valence-electron chi connectivity index (χ2n) is 8.04. The van der Waals surface area contributed by atoms with E-state index >= 15 is 0 Å². The molecule has 1 saturated heterocycles. The van der Waals surface area contributed by atoms with Gasteiger partial charge in [0.05, 0.1) is 11.4 Å². The molecule has 2 amide bonds. The number of benzene rings is 3. The largest absolute Gasteiger partial charge is 0.334 e. The second-order valence-corrected chi connectivity index (χ2v) is 9.90. The molecule has 0 atom stereocenters. The van der Waals surface area contributed by atoms with Gasteiger partial charge in [-0.05, 0) is 42.4 Å². The molecule has 4 rings (SSSR count). The fourth-order valence-corrected chi connectivity index (χ4v) is 5.20. The monoisotopic (exact) mass is 437 g/mol. The van der Waals surface area contributed by atoms with Gasteiger partial charge in [0.2, 0.25) is 0 Å². The first kappa shape index (κ1) is 21.3. The van der Waals surface area contributed by atoms with Gasteiger partial charge in [0, 0.05) is 26.2 Å². The van der Waals surface area contributed by atoms with E-state index in [4.69, 9.17) is 0 Å². The van der Waals surface area contributed by atoms with Gasteiger partial charge in [-0.15, -0.1) is 0 Å². The first-order valence-electron chi connectivity index (χ1n) is 10.4. The molecule has 0 spiro atoms. The maximum Gasteiger partial charge on any atom is 0.334 e. The van der Waals surface area contributed by atoms with Crippen LogP contribution in [0.5, 0.6) is 0 Å². The third kappa shape index (κ3) is 4.43. The molecule has 3 aromatic rings. The lowest BCUT2D eigenvalue weighted by atomic mass is 10.0. The van der Waals surface area contributed by atoms with Crippen LogP contribution in [0, 0.1) is 6.92 Å². The Labute approximate surface area is 183 Å². The quantitative estimate of drug-likeness (QED) is 0.624. The fraction of sp³-hybridized carbons (Fsp3) is 0.292. The van der Waals surface area contributed by atoms with Crippen LogP contribution in [0.4, 0.5) is 4.79 Å². The summed E-state index contributed by atoms with van der Waals surface area (Å²) in [6, 6.07) is 19.8. The summed E-state index contributed by atoms with van der Waals surface area (Å²) in [4.78, 5) is 17.4. The molecule has 1 heterocycles. The molecular formula is C24H27N3O3S. The zero-order valence-electron chi connectivity index (χ0n) is 17.9. The minimum Gasteiger partial charge on any atom is -0.321 e. The Hall–Kier alpha value is -2.90. The fourth-order valence-electron chi connectivity index (χ4n) is 3.83. The molecule has 0 radical (unpaired) electrons. The van der Waals surface area contributed by atoms with Crippen molar-refractivity contribution in [2.45, 2.75) is 18.4 Å². The summed E-state index contributed by atoms with van der Waals surface area (Å²) in [5.41, 5.74) is 1.77. The molecular weight excluding hydrogens is 410 g/mol. The van der Waals surface area contributed by atoms with Crippen LogP contribution in [0.2, 0.25) is 0 Å². The van der Waals surface area contributed by atoms with E-state index in [9.17, 15) is 13.2 Å². The number of fused-ring (bicyclic) bond motifs is 1. The van der Waals surface area contributed by atoms with Crippen LogP contribution in [0.15, 0.2) is 71.6 Å². The smallest absolute Gasteiger partial charge is 0.321 e. The number of sulfonamides is 1. The first-order chi connectivity index (χ1) is 14.9. The topological polar surface area (TPSA) is 60.9 Å². The number of aryl methyl sites for hydroxylation is 1. The van der Waals surface area contributed by atoms with E-state index in [1.54, 1.807) is 29.2 Å². The van der Waals surface area contributed by atoms with Gasteiger partial charge in [-0.3, -0.25) is 0 Å². The third-order valence-corrected chi connectivity index (χ3v) is 7.52. The molecule has 0 aliphatic carbocycles. The van der Waals surface area contributed by atoms with Gasteiger partial charge < -0.3 is 9.80 Å². The highest BCUT2D eigenvalue weighted by Gasteiger charge is 2.34. The number of amides is 2. The molecule has 7 heteroatoms. The summed E-state index contributed by atoms with van der Waals surface area (Å²) in [7, 11) is -2.02. The lowest BCUT2D eigenvalue weighted by molar-refractivity contribution is 0.139. The highest BCUT2D eigenvalue weighted by molar-refractivity contribution is 7.89. The van der Waals surface area contributed by atoms with E-state index < -0.39 is 16.1 Å². The van der Waals surface area contributed by atoms with Crippen molar-refractivity contribution in [1.82, 2.24) is 14.1 Å². The second kappa shape index (κ2) is 8.69. The van der Waals surface area contributed by atoms with Gasteiger partial charge in [0.25, 0.3) is 10.0 Å². The summed E-state index contributed by atoms with van der Waals surface area (Å²) < 4.78 is 28.2. The van der Waals surface area contributed by atoms with Crippen LogP contribution < -0.4 is 0 Å². The van der Waals surface area contributed by atoms with Gasteiger partial charge in [-0.2, -0.15) is 0 Å². The van der Waals surface area contributed by atoms with Gasteiger partial charge in [-0.1, -0.05) is 60.2 Å². The highest BCUT2D eigenvalue weighted by Crippen LogP contribution is 2.25. The van der Waals surface area contributed by atoms with Crippen molar-refractivity contribution in [3.05, 3.63) is 77.9 Å². The SMILES string of the molecule is Cc1ccc(S(=O)(=O)N(Cc2cccc3ccccc23)C(=O)N2CCN(C)CC2)cc1. The normalized spacial score (nSPS) is 15.2. The van der Waals surface area contributed by atoms with Crippen LogP contribution >= 0.6 is 0 Å². The van der Waals surface area contributed by atoms with Gasteiger partial charge >= 0.3 is 6.03 Å². The average molecular weight is 438 g/mol. The Morgan fingerprint density at radius 1 is 0.903 bits per heavy atom. The highest BCUT2D eigenvalue weighted by atomic mass is 32.2. The summed E-state index contributed by atoms with van der Waals surface area (Å²) >= 11 is 0. The predicted octanol–water partition coefficient (Wildman–Crippen LogP) is 3.71. The van der Waals surface area contributed by atoms with Gasteiger partial charge in [-0.25, -0.2) is 17.5 Å². The molecule has 0 bridgehead atoms. The molecule has 31 heavy (non-hydrogen) atoms. The molecule has 3 aromatic carbocycles. The maximum absolute atomic E-state index is 13.6. The predicted molar refractivity (Wildman–Crippen MR) is 122 cm³/mol. The van der Waals surface area contributed by atoms with Crippen molar-refractivity contribution in [3.63, 3.8) is 0 Å². The number of nitrogens with zero attached hydrogens (tertiary/aromatic N) is 3. The van der Waals surface area contributed by atoms with Crippen molar-refractivity contribution < 1.29 is 13.2 Å². The van der Waals surface area contributed by atoms with Crippen molar-refractivity contribution in [1.29, 1.82) is 0 Å². The van der Waals surface area contributed by atoms with Crippen molar-refractivity contribution in [2.24, 2.45) is 0 Å². The van der Waals surface area contributed by atoms with Crippen molar-refractivity contribution in [2.75, 3.05) is 33.2 Å². The van der Waals surface area contributed by atoms with Crippen molar-refractivity contribution >= 4 is 26.8 Å². The number of rotatable bonds is 4. The summed E-state index contributed by atoms with van der Waals surface area (Å²) in [6.45, 7) is 4.34. The van der Waals surface area contributed by atoms with Crippen LogP contribution in [-0.2, 0) is 16.6 Å². The number of likely N-dealkylation sites (N-methyl/N-ethyl adjacent to an activating group) is 1. The van der Waals surface area contributed by atoms with Crippen LogP contribution in [-0.4, -0.2) is 61.8 Å². The number of carbonyl (C=O) groups is 1. The number of piperazine rings is 1. The standard InChI is InChI=1S/C24H27N3O3S/c1-19-10-12-22(13-11-19)31(29,30)27(24(28)26-16-14-25(2)15-17-26)18-21-8-5-7-20-6-3-4-9-23(20)21/h3-13H,14-18H2,1-2H3. The number of urea groups is 1. The maximum atomic E-state index is 13.6. The molecule has 1 fully saturated rings. The summed E-state index contributed by atoms with van der Waals surface area (Å²) in [5.74, 6) is 0. The lowest BCUT2D eigenvalue weighted by Crippen LogP contribution is -2.53. The van der Waals surface area contributed by atoms with Crippen LogP contribution in [0.25, 0.3) is 10.8 Å². The molecule has 1 aliphatic heterocycles. The van der Waals surface area contributed by atoms with E-state index in [0.29, 0.717) is 13.1 Å². The molecule has 0 unspecified atom stereocenters. The summed E-state index contributed by atoms with van der Waals surface area (Å²) in [6.07, 6.45) is 0. The van der Waals surface area contributed by atoms with E-state index in [2.05, 4.69) is 4.90 Å². The van der Waals surface area contributed by atoms with Gasteiger partial charge in [0.1, 0.15) is 0 Å². The lowest BCUT2D eigenvalue weighted by Gasteiger charge is -2.35. The van der Waals surface area contributed by atoms with Crippen LogP contribution in [0.1, 0.15) is 11.1 Å². The van der Waals surface area contributed by atoms with Crippen LogP contribution in [0.3, 0.4) is 0 Å². The Kier molecular flexibility index (Phi) is 5.98. The molecule has 0 saturated carbocycles. The van der Waals surface area contributed by atoms with E-state index in [1.165, 1.54) is 0 Å². The molecule has 0 aromatic heterocycles. The Morgan fingerprint density at radius 2 is 1.55 bits per heavy atom. The minimum absolute atomic E-state index is 0.0112. The Balaban J connectivity index is 1.75. The van der Waals surface area contributed by atoms with E-state index in [0.717, 1.165) is 39.3 Å². The molecule has 0 N–H and O–H groups in total. The zero-order valence-corrected chi connectivity index (χ0v) is 18.7. The Bertz CT molecular complexity index is 1180. The molecule has 6 nitrogen and oxygen atoms in total. The Morgan fingerprint density at radius 3 is 2.26 bits per heavy atom. The third-order valence-electron chi connectivity index (χ3n) is 5.79. The zero-order chi connectivity index (χ0) is 22.0. The molecule has 1 aliphatic rings. The van der Waals surface area contributed by atoms with Crippen molar-refractivity contribution in [3.8, 4) is 0 Å². The summed E-state index contributed by atoms with van der Waals surface area (Å²) in [5, 5.41) is 1.96. The molecule has 162 valence electrons. The van der Waals surface area contributed by atoms with Gasteiger partial charge in [0.15, 0.2) is 0 Å². The van der Waals surface area contributed by atoms with E-state index in [-0.39, 0.29) is 11.4 Å². The number of hydrogen-bond donors (Lipinski definition) is 0.